The molecule has 18 heavy (non-hydrogen) atoms. The summed E-state index contributed by atoms with van der Waals surface area (Å²) in [7, 11) is 0. The summed E-state index contributed by atoms with van der Waals surface area (Å²) in [5.41, 5.74) is -0.364. The Kier molecular flexibility index (Phi) is 5.96. The molecule has 1 saturated carbocycles. The quantitative estimate of drug-likeness (QED) is 0.310. The Labute approximate surface area is 99.8 Å². The first kappa shape index (κ1) is 16.0. The SMILES string of the molecule is C=C(COC[C-](F)F)C(=O)OC1(C)CCCC1.[Sg]. The van der Waals surface area contributed by atoms with Crippen LogP contribution in [0.3, 0.4) is 0 Å². The minimum Gasteiger partial charge on any atom is -0.456 e. The summed E-state index contributed by atoms with van der Waals surface area (Å²) in [5.74, 6) is -0.561. The number of carbonyl (C=O) groups excluding carboxylic acids is 1. The van der Waals surface area contributed by atoms with Crippen molar-refractivity contribution in [3.63, 3.8) is 0 Å². The minimum atomic E-state index is -1.83. The number of esters is 1. The smallest absolute Gasteiger partial charge is 0.336 e. The normalized spacial score (nSPS) is 17.3. The maximum atomic E-state index is 11.7. The maximum Gasteiger partial charge on any atom is 0.336 e. The first-order chi connectivity index (χ1) is 7.93. The third-order valence-corrected chi connectivity index (χ3v) is 2.78. The summed E-state index contributed by atoms with van der Waals surface area (Å²) in [6, 6.07) is 0. The van der Waals surface area contributed by atoms with Crippen molar-refractivity contribution in [2.24, 2.45) is 0 Å². The molecule has 0 aromatic heterocycles. The van der Waals surface area contributed by atoms with E-state index in [0.717, 1.165) is 25.7 Å². The summed E-state index contributed by atoms with van der Waals surface area (Å²) in [6.45, 7) is 4.34. The molecule has 0 unspecified atom stereocenters. The van der Waals surface area contributed by atoms with E-state index in [1.165, 1.54) is 0 Å². The molecule has 0 aromatic rings. The molecular weight excluding hydrogens is 499 g/mol. The van der Waals surface area contributed by atoms with Gasteiger partial charge in [0.15, 0.2) is 0 Å². The Bertz CT molecular complexity index is 289. The van der Waals surface area contributed by atoms with Crippen molar-refractivity contribution in [2.75, 3.05) is 13.2 Å². The van der Waals surface area contributed by atoms with E-state index < -0.39 is 24.6 Å². The van der Waals surface area contributed by atoms with Crippen molar-refractivity contribution in [3.05, 3.63) is 18.6 Å². The summed E-state index contributed by atoms with van der Waals surface area (Å²) in [6.07, 6.45) is 1.91. The van der Waals surface area contributed by atoms with Crippen LogP contribution in [-0.2, 0) is 14.3 Å². The molecule has 1 aliphatic carbocycles. The Morgan fingerprint density at radius 2 is 1.94 bits per heavy atom. The number of rotatable bonds is 6. The summed E-state index contributed by atoms with van der Waals surface area (Å²) in [4.78, 5) is 11.6. The molecule has 0 radical (unpaired) electrons. The largest absolute Gasteiger partial charge is 0.456 e. The Morgan fingerprint density at radius 3 is 2.44 bits per heavy atom. The first-order valence-corrected chi connectivity index (χ1v) is 5.59. The summed E-state index contributed by atoms with van der Waals surface area (Å²) < 4.78 is 33.3. The first-order valence-electron chi connectivity index (χ1n) is 5.59. The van der Waals surface area contributed by atoms with Gasteiger partial charge in [0.1, 0.15) is 5.60 Å². The van der Waals surface area contributed by atoms with Crippen LogP contribution in [0.1, 0.15) is 32.6 Å². The van der Waals surface area contributed by atoms with Crippen LogP contribution < -0.4 is 0 Å². The molecule has 0 N–H and O–H groups in total. The fraction of sp³-hybridized carbons (Fsp3) is 0.667. The van der Waals surface area contributed by atoms with E-state index in [9.17, 15) is 13.6 Å². The second-order valence-electron chi connectivity index (χ2n) is 4.48. The van der Waals surface area contributed by atoms with Crippen LogP contribution >= 0.6 is 0 Å². The number of halogens is 2. The van der Waals surface area contributed by atoms with Gasteiger partial charge in [-0.15, -0.1) is 0 Å². The minimum absolute atomic E-state index is 0. The van der Waals surface area contributed by atoms with E-state index in [0.29, 0.717) is 0 Å². The van der Waals surface area contributed by atoms with Gasteiger partial charge in [-0.1, -0.05) is 6.58 Å². The van der Waals surface area contributed by atoms with E-state index in [2.05, 4.69) is 11.3 Å². The second-order valence-corrected chi connectivity index (χ2v) is 4.48. The molecule has 0 saturated heterocycles. The van der Waals surface area contributed by atoms with Gasteiger partial charge in [-0.2, -0.15) is 0 Å². The zero-order chi connectivity index (χ0) is 12.9. The molecule has 0 bridgehead atoms. The molecule has 0 spiro atoms. The average Bonchev–Trinajstić information content (AvgIpc) is 2.64. The standard InChI is InChI=1S/C12H17F2O3.Sg/c1-9(7-16-8-10(13)14)11(15)17-12(2)5-3-4-6-12;/h1,3-8H2,2H3;/q-1;. The fourth-order valence-electron chi connectivity index (χ4n) is 1.83. The van der Waals surface area contributed by atoms with Crippen molar-refractivity contribution in [1.29, 1.82) is 0 Å². The molecule has 0 aromatic carbocycles. The average molecular weight is 516 g/mol. The van der Waals surface area contributed by atoms with Gasteiger partial charge in [-0.3, -0.25) is 0 Å². The van der Waals surface area contributed by atoms with Crippen molar-refractivity contribution < 1.29 is 23.0 Å². The van der Waals surface area contributed by atoms with Crippen LogP contribution in [0.2, 0.25) is 0 Å². The van der Waals surface area contributed by atoms with Gasteiger partial charge < -0.3 is 18.3 Å². The van der Waals surface area contributed by atoms with Crippen molar-refractivity contribution in [3.8, 4) is 0 Å². The predicted octanol–water partition coefficient (Wildman–Crippen LogP) is 2.86. The molecule has 1 fully saturated rings. The van der Waals surface area contributed by atoms with Gasteiger partial charge in [-0.25, -0.2) is 4.79 Å². The molecule has 0 amide bonds. The zero-order valence-electron chi connectivity index (χ0n) is 10.6. The van der Waals surface area contributed by atoms with Crippen LogP contribution in [0.5, 0.6) is 0 Å². The maximum absolute atomic E-state index is 11.7. The van der Waals surface area contributed by atoms with Crippen molar-refractivity contribution >= 4 is 5.97 Å². The summed E-state index contributed by atoms with van der Waals surface area (Å²) >= 11 is 0. The van der Waals surface area contributed by atoms with E-state index in [-0.39, 0.29) is 12.2 Å². The molecule has 1 aliphatic rings. The molecule has 100 valence electrons. The zero-order valence-corrected chi connectivity index (χ0v) is 17.1. The van der Waals surface area contributed by atoms with Gasteiger partial charge in [0.2, 0.25) is 0 Å². The number of ether oxygens (including phenoxy) is 2. The van der Waals surface area contributed by atoms with Gasteiger partial charge >= 0.3 is 5.97 Å². The molecule has 6 heteroatoms. The van der Waals surface area contributed by atoms with Crippen LogP contribution in [0.4, 0.5) is 8.78 Å². The van der Waals surface area contributed by atoms with Crippen LogP contribution in [0.15, 0.2) is 12.2 Å². The molecule has 0 heterocycles. The van der Waals surface area contributed by atoms with Crippen molar-refractivity contribution in [2.45, 2.75) is 38.2 Å². The third kappa shape index (κ3) is 4.91. The number of hydrogen-bond acceptors (Lipinski definition) is 3. The molecule has 0 aliphatic heterocycles. The van der Waals surface area contributed by atoms with Gasteiger partial charge in [0.25, 0.3) is 0 Å². The topological polar surface area (TPSA) is 35.5 Å². The van der Waals surface area contributed by atoms with Gasteiger partial charge in [0.05, 0.1) is 12.2 Å². The second kappa shape index (κ2) is 6.69. The molecule has 3 nitrogen and oxygen atoms in total. The number of hydrogen-bond donors (Lipinski definition) is 0. The number of carbonyl (C=O) groups is 1. The Hall–Kier alpha value is -1.97. The predicted molar refractivity (Wildman–Crippen MR) is 58.4 cm³/mol. The van der Waals surface area contributed by atoms with Crippen LogP contribution in [-0.4, -0.2) is 24.8 Å². The van der Waals surface area contributed by atoms with Crippen LogP contribution in [0.25, 0.3) is 0 Å². The third-order valence-electron chi connectivity index (χ3n) is 2.78. The molecular formula is C12H17F2O3Sg-. The Morgan fingerprint density at radius 1 is 1.39 bits per heavy atom. The van der Waals surface area contributed by atoms with E-state index in [1.54, 1.807) is 0 Å². The fourth-order valence-corrected chi connectivity index (χ4v) is 1.83. The summed E-state index contributed by atoms with van der Waals surface area (Å²) in [5, 5.41) is 0. The van der Waals surface area contributed by atoms with E-state index in [1.807, 2.05) is 6.92 Å². The monoisotopic (exact) mass is 518 g/mol. The molecule has 0 atom stereocenters. The van der Waals surface area contributed by atoms with E-state index >= 15 is 0 Å². The Balaban J connectivity index is 0.00000289. The van der Waals surface area contributed by atoms with E-state index in [4.69, 9.17) is 4.74 Å². The van der Waals surface area contributed by atoms with Crippen LogP contribution in [0, 0.1) is 6.43 Å². The van der Waals surface area contributed by atoms with Crippen molar-refractivity contribution in [1.82, 2.24) is 0 Å². The molecule has 1 rings (SSSR count). The van der Waals surface area contributed by atoms with Gasteiger partial charge in [0, 0.05) is 6.43 Å². The van der Waals surface area contributed by atoms with Gasteiger partial charge in [-0.05, 0) is 39.2 Å².